The fourth-order valence-electron chi connectivity index (χ4n) is 3.30. The lowest BCUT2D eigenvalue weighted by molar-refractivity contribution is -0.133. The molecule has 0 saturated carbocycles. The Kier molecular flexibility index (Phi) is 5.42. The van der Waals surface area contributed by atoms with E-state index in [-0.39, 0.29) is 5.91 Å². The van der Waals surface area contributed by atoms with Crippen LogP contribution in [0.1, 0.15) is 33.0 Å². The Labute approximate surface area is 153 Å². The maximum absolute atomic E-state index is 12.6. The van der Waals surface area contributed by atoms with Gasteiger partial charge in [-0.15, -0.1) is 0 Å². The van der Waals surface area contributed by atoms with Crippen molar-refractivity contribution in [2.24, 2.45) is 0 Å². The van der Waals surface area contributed by atoms with E-state index in [9.17, 15) is 9.59 Å². The summed E-state index contributed by atoms with van der Waals surface area (Å²) in [4.78, 5) is 28.1. The molecule has 1 aromatic heterocycles. The molecule has 0 unspecified atom stereocenters. The normalized spacial score (nSPS) is 13.6. The van der Waals surface area contributed by atoms with Gasteiger partial charge in [0.1, 0.15) is 17.1 Å². The maximum atomic E-state index is 12.6. The molecular formula is C20H24N2O4. The summed E-state index contributed by atoms with van der Waals surface area (Å²) in [6, 6.07) is 9.94. The molecule has 0 spiro atoms. The number of likely N-dealkylation sites (N-methyl/N-ethyl adjacent to an activating group) is 1. The average Bonchev–Trinajstić information content (AvgIpc) is 3.00. The molecule has 1 aliphatic heterocycles. The van der Waals surface area contributed by atoms with Gasteiger partial charge in [0.25, 0.3) is 0 Å². The number of carbonyl (C=O) groups is 2. The smallest absolute Gasteiger partial charge is 0.341 e. The minimum Gasteiger partial charge on any atom is -0.465 e. The van der Waals surface area contributed by atoms with Gasteiger partial charge in [0.05, 0.1) is 20.2 Å². The molecule has 1 aliphatic rings. The molecule has 1 aromatic carbocycles. The van der Waals surface area contributed by atoms with Gasteiger partial charge in [0.2, 0.25) is 5.91 Å². The van der Waals surface area contributed by atoms with Crippen molar-refractivity contribution in [1.82, 2.24) is 9.80 Å². The van der Waals surface area contributed by atoms with E-state index in [0.29, 0.717) is 36.7 Å². The molecule has 0 bridgehead atoms. The van der Waals surface area contributed by atoms with Crippen molar-refractivity contribution in [1.29, 1.82) is 0 Å². The monoisotopic (exact) mass is 356 g/mol. The summed E-state index contributed by atoms with van der Waals surface area (Å²) in [5.41, 5.74) is 2.97. The number of aryl methyl sites for hydroxylation is 1. The first-order valence-electron chi connectivity index (χ1n) is 8.68. The molecular weight excluding hydrogens is 332 g/mol. The van der Waals surface area contributed by atoms with E-state index in [4.69, 9.17) is 9.15 Å². The number of esters is 1. The van der Waals surface area contributed by atoms with E-state index in [0.717, 1.165) is 13.0 Å². The molecule has 6 heteroatoms. The number of amides is 1. The molecule has 0 aliphatic carbocycles. The lowest BCUT2D eigenvalue weighted by Crippen LogP contribution is -2.41. The van der Waals surface area contributed by atoms with Crippen LogP contribution in [0.4, 0.5) is 0 Å². The zero-order chi connectivity index (χ0) is 18.7. The lowest BCUT2D eigenvalue weighted by Gasteiger charge is -2.30. The molecule has 2 heterocycles. The second-order valence-corrected chi connectivity index (χ2v) is 6.68. The number of benzene rings is 1. The van der Waals surface area contributed by atoms with Crippen LogP contribution in [0, 0.1) is 6.92 Å². The van der Waals surface area contributed by atoms with Crippen molar-refractivity contribution in [3.8, 4) is 0 Å². The van der Waals surface area contributed by atoms with Crippen LogP contribution < -0.4 is 0 Å². The first-order chi connectivity index (χ1) is 12.5. The Hall–Kier alpha value is -2.60. The summed E-state index contributed by atoms with van der Waals surface area (Å²) in [6.07, 6.45) is 0.894. The molecule has 0 saturated heterocycles. The van der Waals surface area contributed by atoms with Crippen LogP contribution in [-0.4, -0.2) is 48.9 Å². The molecule has 0 radical (unpaired) electrons. The predicted octanol–water partition coefficient (Wildman–Crippen LogP) is 2.39. The minimum absolute atomic E-state index is 0.0958. The average molecular weight is 356 g/mol. The Bertz CT molecular complexity index is 812. The highest BCUT2D eigenvalue weighted by atomic mass is 16.5. The number of rotatable bonds is 5. The van der Waals surface area contributed by atoms with Crippen LogP contribution in [0.2, 0.25) is 0 Å². The van der Waals surface area contributed by atoms with Crippen LogP contribution in [-0.2, 0) is 29.0 Å². The predicted molar refractivity (Wildman–Crippen MR) is 96.7 cm³/mol. The van der Waals surface area contributed by atoms with E-state index in [1.54, 1.807) is 13.0 Å². The fourth-order valence-corrected chi connectivity index (χ4v) is 3.30. The number of hydrogen-bond acceptors (Lipinski definition) is 5. The topological polar surface area (TPSA) is 63.0 Å². The zero-order valence-electron chi connectivity index (χ0n) is 15.4. The van der Waals surface area contributed by atoms with Crippen molar-refractivity contribution < 1.29 is 18.7 Å². The highest BCUT2D eigenvalue weighted by Crippen LogP contribution is 2.19. The van der Waals surface area contributed by atoms with Crippen molar-refractivity contribution >= 4 is 11.9 Å². The quantitative estimate of drug-likeness (QED) is 0.770. The van der Waals surface area contributed by atoms with Gasteiger partial charge in [-0.3, -0.25) is 9.69 Å². The third kappa shape index (κ3) is 3.96. The summed E-state index contributed by atoms with van der Waals surface area (Å²) in [6.45, 7) is 3.89. The van der Waals surface area contributed by atoms with Crippen molar-refractivity contribution in [2.45, 2.75) is 26.4 Å². The van der Waals surface area contributed by atoms with Crippen LogP contribution in [0.25, 0.3) is 0 Å². The molecule has 0 fully saturated rings. The standard InChI is InChI=1S/C20H24N2O4/c1-14-18(20(24)25-3)10-17(26-14)12-21(2)13-19(23)22-9-8-15-6-4-5-7-16(15)11-22/h4-7,10H,8-9,11-13H2,1-3H3. The van der Waals surface area contributed by atoms with E-state index in [1.807, 2.05) is 29.0 Å². The second-order valence-electron chi connectivity index (χ2n) is 6.68. The Morgan fingerprint density at radius 2 is 2.00 bits per heavy atom. The first kappa shape index (κ1) is 18.2. The molecule has 2 aromatic rings. The van der Waals surface area contributed by atoms with Gasteiger partial charge in [-0.05, 0) is 37.6 Å². The van der Waals surface area contributed by atoms with Gasteiger partial charge in [-0.25, -0.2) is 4.79 Å². The molecule has 0 atom stereocenters. The second kappa shape index (κ2) is 7.74. The van der Waals surface area contributed by atoms with Crippen molar-refractivity contribution in [2.75, 3.05) is 27.2 Å². The van der Waals surface area contributed by atoms with Crippen LogP contribution >= 0.6 is 0 Å². The SMILES string of the molecule is COC(=O)c1cc(CN(C)CC(=O)N2CCc3ccccc3C2)oc1C. The number of nitrogens with zero attached hydrogens (tertiary/aromatic N) is 2. The summed E-state index contributed by atoms with van der Waals surface area (Å²) in [7, 11) is 3.21. The van der Waals surface area contributed by atoms with Gasteiger partial charge in [0, 0.05) is 13.1 Å². The fraction of sp³-hybridized carbons (Fsp3) is 0.400. The number of ether oxygens (including phenoxy) is 1. The summed E-state index contributed by atoms with van der Waals surface area (Å²) >= 11 is 0. The van der Waals surface area contributed by atoms with E-state index in [1.165, 1.54) is 18.2 Å². The Morgan fingerprint density at radius 3 is 2.73 bits per heavy atom. The number of furan rings is 1. The van der Waals surface area contributed by atoms with Gasteiger partial charge < -0.3 is 14.1 Å². The number of methoxy groups -OCH3 is 1. The summed E-state index contributed by atoms with van der Waals surface area (Å²) in [5, 5.41) is 0. The van der Waals surface area contributed by atoms with Crippen LogP contribution in [0.15, 0.2) is 34.7 Å². The Balaban J connectivity index is 1.58. The van der Waals surface area contributed by atoms with Gasteiger partial charge in [0.15, 0.2) is 0 Å². The molecule has 6 nitrogen and oxygen atoms in total. The van der Waals surface area contributed by atoms with Gasteiger partial charge >= 0.3 is 5.97 Å². The molecule has 3 rings (SSSR count). The lowest BCUT2D eigenvalue weighted by atomic mass is 10.00. The number of fused-ring (bicyclic) bond motifs is 1. The molecule has 1 amide bonds. The van der Waals surface area contributed by atoms with E-state index in [2.05, 4.69) is 12.1 Å². The number of hydrogen-bond donors (Lipinski definition) is 0. The van der Waals surface area contributed by atoms with E-state index < -0.39 is 5.97 Å². The van der Waals surface area contributed by atoms with Gasteiger partial charge in [-0.2, -0.15) is 0 Å². The Morgan fingerprint density at radius 1 is 1.27 bits per heavy atom. The molecule has 138 valence electrons. The largest absolute Gasteiger partial charge is 0.465 e. The van der Waals surface area contributed by atoms with Crippen LogP contribution in [0.3, 0.4) is 0 Å². The third-order valence-corrected chi connectivity index (χ3v) is 4.69. The molecule has 26 heavy (non-hydrogen) atoms. The third-order valence-electron chi connectivity index (χ3n) is 4.69. The highest BCUT2D eigenvalue weighted by Gasteiger charge is 2.22. The van der Waals surface area contributed by atoms with E-state index >= 15 is 0 Å². The van der Waals surface area contributed by atoms with Crippen LogP contribution in [0.5, 0.6) is 0 Å². The van der Waals surface area contributed by atoms with Gasteiger partial charge in [-0.1, -0.05) is 24.3 Å². The summed E-state index contributed by atoms with van der Waals surface area (Å²) < 4.78 is 10.3. The van der Waals surface area contributed by atoms with Crippen molar-refractivity contribution in [3.05, 3.63) is 58.5 Å². The molecule has 0 N–H and O–H groups in total. The zero-order valence-corrected chi connectivity index (χ0v) is 15.4. The maximum Gasteiger partial charge on any atom is 0.341 e. The first-order valence-corrected chi connectivity index (χ1v) is 8.68. The number of carbonyl (C=O) groups excluding carboxylic acids is 2. The summed E-state index contributed by atoms with van der Waals surface area (Å²) in [5.74, 6) is 0.850. The minimum atomic E-state index is -0.414. The highest BCUT2D eigenvalue weighted by molar-refractivity contribution is 5.90. The van der Waals surface area contributed by atoms with Crippen molar-refractivity contribution in [3.63, 3.8) is 0 Å².